The Kier molecular flexibility index (Phi) is 8.13. The number of halogens is 3. The fourth-order valence-corrected chi connectivity index (χ4v) is 4.53. The van der Waals surface area contributed by atoms with Crippen molar-refractivity contribution in [2.45, 2.75) is 51.8 Å². The molecule has 0 N–H and O–H groups in total. The van der Waals surface area contributed by atoms with Crippen molar-refractivity contribution in [1.82, 2.24) is 14.5 Å². The highest BCUT2D eigenvalue weighted by molar-refractivity contribution is 6.02. The quantitative estimate of drug-likeness (QED) is 0.304. The van der Waals surface area contributed by atoms with Crippen molar-refractivity contribution in [3.05, 3.63) is 53.9 Å². The summed E-state index contributed by atoms with van der Waals surface area (Å²) in [5.74, 6) is -0.493. The van der Waals surface area contributed by atoms with E-state index in [9.17, 15) is 22.8 Å². The Morgan fingerprint density at radius 2 is 1.70 bits per heavy atom. The van der Waals surface area contributed by atoms with Crippen molar-refractivity contribution < 1.29 is 37.0 Å². The zero-order chi connectivity index (χ0) is 29.2. The maximum atomic E-state index is 12.7. The topological polar surface area (TPSA) is 82.9 Å². The lowest BCUT2D eigenvalue weighted by atomic mass is 9.99. The first-order chi connectivity index (χ1) is 18.8. The van der Waals surface area contributed by atoms with E-state index in [0.717, 1.165) is 22.2 Å². The summed E-state index contributed by atoms with van der Waals surface area (Å²) >= 11 is 0. The van der Waals surface area contributed by atoms with E-state index < -0.39 is 30.4 Å². The molecule has 0 unspecified atom stereocenters. The summed E-state index contributed by atoms with van der Waals surface area (Å²) < 4.78 is 56.1. The number of Topliss-reactive ketones (excluding diaryl/α,β-unsaturated/α-hetero) is 1. The highest BCUT2D eigenvalue weighted by Gasteiger charge is 2.30. The first kappa shape index (κ1) is 29.0. The van der Waals surface area contributed by atoms with Crippen LogP contribution in [0.4, 0.5) is 18.0 Å². The summed E-state index contributed by atoms with van der Waals surface area (Å²) in [5, 5.41) is 0. The molecule has 0 fully saturated rings. The molecular formula is C29H32F3N3O5. The summed E-state index contributed by atoms with van der Waals surface area (Å²) in [7, 11) is 2.69. The summed E-state index contributed by atoms with van der Waals surface area (Å²) in [6.07, 6.45) is -2.43. The number of alkyl halides is 3. The summed E-state index contributed by atoms with van der Waals surface area (Å²) in [4.78, 5) is 31.2. The van der Waals surface area contributed by atoms with Crippen LogP contribution in [0.25, 0.3) is 22.3 Å². The van der Waals surface area contributed by atoms with Crippen molar-refractivity contribution >= 4 is 28.5 Å². The minimum Gasteiger partial charge on any atom is -0.496 e. The van der Waals surface area contributed by atoms with Gasteiger partial charge in [-0.3, -0.25) is 9.36 Å². The molecule has 1 aromatic heterocycles. The van der Waals surface area contributed by atoms with E-state index in [1.807, 2.05) is 45.0 Å². The molecule has 0 bridgehead atoms. The third-order valence-corrected chi connectivity index (χ3v) is 6.46. The smallest absolute Gasteiger partial charge is 0.410 e. The maximum absolute atomic E-state index is 12.7. The number of aromatic nitrogens is 2. The molecule has 3 aromatic rings. The molecule has 11 heteroatoms. The van der Waals surface area contributed by atoms with Crippen LogP contribution < -0.4 is 9.47 Å². The maximum Gasteiger partial charge on any atom is 0.410 e. The number of fused-ring (bicyclic) bond motifs is 1. The van der Waals surface area contributed by atoms with Gasteiger partial charge in [0.25, 0.3) is 0 Å². The molecule has 0 aliphatic carbocycles. The fraction of sp³-hybridized carbons (Fsp3) is 0.414. The van der Waals surface area contributed by atoms with Crippen molar-refractivity contribution in [3.63, 3.8) is 0 Å². The Labute approximate surface area is 230 Å². The number of amides is 1. The zero-order valence-electron chi connectivity index (χ0n) is 23.1. The normalized spacial score (nSPS) is 14.2. The minimum atomic E-state index is -4.45. The van der Waals surface area contributed by atoms with Gasteiger partial charge in [0, 0.05) is 31.6 Å². The predicted octanol–water partition coefficient (Wildman–Crippen LogP) is 6.59. The van der Waals surface area contributed by atoms with Crippen LogP contribution in [0.5, 0.6) is 11.5 Å². The number of imidazole rings is 1. The molecule has 0 radical (unpaired) electrons. The average Bonchev–Trinajstić information content (AvgIpc) is 3.33. The minimum absolute atomic E-state index is 0.0330. The molecule has 1 aliphatic heterocycles. The highest BCUT2D eigenvalue weighted by atomic mass is 19.4. The number of carbonyl (C=O) groups is 2. The molecule has 2 aromatic carbocycles. The second kappa shape index (κ2) is 11.2. The van der Waals surface area contributed by atoms with Crippen molar-refractivity contribution in [2.75, 3.05) is 27.3 Å². The van der Waals surface area contributed by atoms with E-state index in [1.54, 1.807) is 27.9 Å². The molecule has 2 heterocycles. The van der Waals surface area contributed by atoms with Gasteiger partial charge in [-0.2, -0.15) is 13.2 Å². The number of methoxy groups -OCH3 is 2. The van der Waals surface area contributed by atoms with Gasteiger partial charge in [-0.25, -0.2) is 9.78 Å². The summed E-state index contributed by atoms with van der Waals surface area (Å²) in [5.41, 5.74) is 3.56. The molecule has 0 spiro atoms. The van der Waals surface area contributed by atoms with Gasteiger partial charge >= 0.3 is 12.3 Å². The molecule has 40 heavy (non-hydrogen) atoms. The van der Waals surface area contributed by atoms with E-state index >= 15 is 0 Å². The van der Waals surface area contributed by atoms with Crippen LogP contribution in [0.2, 0.25) is 0 Å². The first-order valence-electron chi connectivity index (χ1n) is 12.8. The standard InChI is InChI=1S/C29H32F3N3O5/c1-28(2,3)40-27(37)34-12-9-18(10-13-34)19-6-7-22-21(14-19)33-17-35(22)20-15-24(38-4)26(25(16-20)39-5)23(36)8-11-29(30,31)32/h6-7,9,14-17H,8,10-13H2,1-5H3. The summed E-state index contributed by atoms with van der Waals surface area (Å²) in [6.45, 7) is 6.50. The molecule has 0 atom stereocenters. The Hall–Kier alpha value is -4.02. The Morgan fingerprint density at radius 3 is 2.25 bits per heavy atom. The fourth-order valence-electron chi connectivity index (χ4n) is 4.53. The van der Waals surface area contributed by atoms with Gasteiger partial charge in [0.15, 0.2) is 5.78 Å². The molecule has 0 saturated carbocycles. The lowest BCUT2D eigenvalue weighted by Crippen LogP contribution is -2.39. The number of nitrogens with zero attached hydrogens (tertiary/aromatic N) is 3. The second-order valence-electron chi connectivity index (χ2n) is 10.5. The van der Waals surface area contributed by atoms with Crippen molar-refractivity contribution in [1.29, 1.82) is 0 Å². The average molecular weight is 560 g/mol. The third-order valence-electron chi connectivity index (χ3n) is 6.46. The number of ether oxygens (including phenoxy) is 3. The highest BCUT2D eigenvalue weighted by Crippen LogP contribution is 2.36. The van der Waals surface area contributed by atoms with Crippen LogP contribution in [0.3, 0.4) is 0 Å². The van der Waals surface area contributed by atoms with Crippen LogP contribution in [-0.4, -0.2) is 65.4 Å². The van der Waals surface area contributed by atoms with E-state index in [0.29, 0.717) is 25.2 Å². The van der Waals surface area contributed by atoms with Crippen LogP contribution in [0.1, 0.15) is 56.0 Å². The Bertz CT molecular complexity index is 1430. The van der Waals surface area contributed by atoms with Gasteiger partial charge in [0.2, 0.25) is 0 Å². The van der Waals surface area contributed by atoms with Gasteiger partial charge in [-0.1, -0.05) is 12.1 Å². The molecular weight excluding hydrogens is 527 g/mol. The SMILES string of the molecule is COc1cc(-n2cnc3cc(C4=CCN(C(=O)OC(C)(C)C)CC4)ccc32)cc(OC)c1C(=O)CCC(F)(F)F. The van der Waals surface area contributed by atoms with Crippen LogP contribution in [0.15, 0.2) is 42.7 Å². The van der Waals surface area contributed by atoms with Gasteiger partial charge in [0.05, 0.1) is 37.4 Å². The Morgan fingerprint density at radius 1 is 1.02 bits per heavy atom. The zero-order valence-corrected chi connectivity index (χ0v) is 23.1. The molecule has 8 nitrogen and oxygen atoms in total. The monoisotopic (exact) mass is 559 g/mol. The van der Waals surface area contributed by atoms with Crippen molar-refractivity contribution in [3.8, 4) is 17.2 Å². The van der Waals surface area contributed by atoms with Crippen LogP contribution in [0, 0.1) is 0 Å². The van der Waals surface area contributed by atoms with Crippen LogP contribution in [-0.2, 0) is 4.74 Å². The predicted molar refractivity (Wildman–Crippen MR) is 144 cm³/mol. The van der Waals surface area contributed by atoms with E-state index in [2.05, 4.69) is 4.98 Å². The summed E-state index contributed by atoms with van der Waals surface area (Å²) in [6, 6.07) is 9.00. The third kappa shape index (κ3) is 6.57. The number of rotatable bonds is 7. The number of hydrogen-bond acceptors (Lipinski definition) is 6. The first-order valence-corrected chi connectivity index (χ1v) is 12.8. The van der Waals surface area contributed by atoms with E-state index in [-0.39, 0.29) is 23.2 Å². The Balaban J connectivity index is 1.59. The van der Waals surface area contributed by atoms with Gasteiger partial charge in [-0.15, -0.1) is 0 Å². The van der Waals surface area contributed by atoms with Crippen molar-refractivity contribution in [2.24, 2.45) is 0 Å². The number of hydrogen-bond donors (Lipinski definition) is 0. The lowest BCUT2D eigenvalue weighted by molar-refractivity contribution is -0.133. The molecule has 1 aliphatic rings. The molecule has 4 rings (SSSR count). The largest absolute Gasteiger partial charge is 0.496 e. The van der Waals surface area contributed by atoms with E-state index in [1.165, 1.54) is 14.2 Å². The number of ketones is 1. The molecule has 1 amide bonds. The number of benzene rings is 2. The molecule has 214 valence electrons. The van der Waals surface area contributed by atoms with Gasteiger partial charge in [0.1, 0.15) is 29.0 Å². The molecule has 0 saturated heterocycles. The van der Waals surface area contributed by atoms with E-state index in [4.69, 9.17) is 14.2 Å². The number of carbonyl (C=O) groups excluding carboxylic acids is 2. The lowest BCUT2D eigenvalue weighted by Gasteiger charge is -2.29. The second-order valence-corrected chi connectivity index (χ2v) is 10.5. The van der Waals surface area contributed by atoms with Gasteiger partial charge < -0.3 is 19.1 Å². The van der Waals surface area contributed by atoms with Gasteiger partial charge in [-0.05, 0) is 50.5 Å². The van der Waals surface area contributed by atoms with Crippen LogP contribution >= 0.6 is 0 Å².